The maximum absolute atomic E-state index is 13.2. The normalized spacial score (nSPS) is 11.3. The van der Waals surface area contributed by atoms with Gasteiger partial charge in [-0.05, 0) is 44.0 Å². The van der Waals surface area contributed by atoms with Gasteiger partial charge in [0.05, 0.1) is 0 Å². The van der Waals surface area contributed by atoms with Crippen LogP contribution in [0.2, 0.25) is 0 Å². The van der Waals surface area contributed by atoms with E-state index in [1.807, 2.05) is 37.2 Å². The number of benzene rings is 1. The molecule has 1 aromatic carbocycles. The molecule has 1 heterocycles. The molecule has 0 saturated heterocycles. The van der Waals surface area contributed by atoms with Crippen molar-refractivity contribution in [3.8, 4) is 0 Å². The number of nitrogens with one attached hydrogen (secondary N) is 2. The van der Waals surface area contributed by atoms with Crippen LogP contribution in [-0.2, 0) is 4.79 Å². The highest BCUT2D eigenvalue weighted by atomic mass is 16.5. The Morgan fingerprint density at radius 3 is 2.13 bits per heavy atom. The summed E-state index contributed by atoms with van der Waals surface area (Å²) < 4.78 is 4.98. The zero-order valence-corrected chi connectivity index (χ0v) is 19.7. The third-order valence-electron chi connectivity index (χ3n) is 4.94. The Morgan fingerprint density at radius 2 is 1.65 bits per heavy atom. The number of para-hydroxylation sites is 1. The number of carbonyl (C=O) groups excluding carboxylic acids is 2. The molecule has 0 bridgehead atoms. The second kappa shape index (κ2) is 10.9. The molecule has 2 N–H and O–H groups in total. The average Bonchev–Trinajstić information content (AvgIpc) is 3.09. The summed E-state index contributed by atoms with van der Waals surface area (Å²) in [5.41, 5.74) is 2.99. The van der Waals surface area contributed by atoms with E-state index in [9.17, 15) is 9.59 Å². The quantitative estimate of drug-likeness (QED) is 0.621. The number of anilines is 2. The van der Waals surface area contributed by atoms with Crippen LogP contribution in [-0.4, -0.2) is 60.6 Å². The highest BCUT2D eigenvalue weighted by Crippen LogP contribution is 2.32. The number of amides is 3. The lowest BCUT2D eigenvalue weighted by molar-refractivity contribution is -0.116. The summed E-state index contributed by atoms with van der Waals surface area (Å²) in [5.74, 6) is 1.11. The van der Waals surface area contributed by atoms with Gasteiger partial charge >= 0.3 is 6.03 Å². The molecule has 0 radical (unpaired) electrons. The Balaban J connectivity index is 2.22. The summed E-state index contributed by atoms with van der Waals surface area (Å²) in [6, 6.07) is 7.43. The standard InChI is InChI=1S/C23H35N5O3/c1-15(2)18-9-8-10-19(16(3)4)22(18)25-23(30)28(12-11-27(6)7)14-21(29)24-20-13-17(5)31-26-20/h8-10,13,15-16H,11-12,14H2,1-7H3,(H,25,30)(H,24,26,29). The number of likely N-dealkylation sites (N-methyl/N-ethyl adjacent to an activating group) is 1. The van der Waals surface area contributed by atoms with Crippen molar-refractivity contribution in [1.29, 1.82) is 0 Å². The number of rotatable bonds is 9. The monoisotopic (exact) mass is 429 g/mol. The SMILES string of the molecule is Cc1cc(NC(=O)CN(CCN(C)C)C(=O)Nc2c(C(C)C)cccc2C(C)C)no1. The fourth-order valence-corrected chi connectivity index (χ4v) is 3.24. The summed E-state index contributed by atoms with van der Waals surface area (Å²) in [5, 5.41) is 9.55. The van der Waals surface area contributed by atoms with Gasteiger partial charge in [0, 0.05) is 24.8 Å². The molecule has 170 valence electrons. The number of hydrogen-bond acceptors (Lipinski definition) is 5. The van der Waals surface area contributed by atoms with E-state index in [0.29, 0.717) is 24.7 Å². The van der Waals surface area contributed by atoms with Crippen LogP contribution < -0.4 is 10.6 Å². The minimum Gasteiger partial charge on any atom is -0.360 e. The third-order valence-corrected chi connectivity index (χ3v) is 4.94. The number of carbonyl (C=O) groups is 2. The molecule has 8 nitrogen and oxygen atoms in total. The van der Waals surface area contributed by atoms with E-state index in [2.05, 4.69) is 43.5 Å². The number of hydrogen-bond donors (Lipinski definition) is 2. The van der Waals surface area contributed by atoms with Crippen LogP contribution in [0.1, 0.15) is 56.4 Å². The molecule has 1 aromatic heterocycles. The molecule has 0 fully saturated rings. The molecule has 0 aliphatic carbocycles. The van der Waals surface area contributed by atoms with Gasteiger partial charge in [-0.15, -0.1) is 0 Å². The van der Waals surface area contributed by atoms with Crippen LogP contribution >= 0.6 is 0 Å². The molecule has 0 unspecified atom stereocenters. The fourth-order valence-electron chi connectivity index (χ4n) is 3.24. The minimum atomic E-state index is -0.330. The van der Waals surface area contributed by atoms with Gasteiger partial charge in [-0.25, -0.2) is 4.79 Å². The highest BCUT2D eigenvalue weighted by molar-refractivity contribution is 5.97. The molecular formula is C23H35N5O3. The van der Waals surface area contributed by atoms with E-state index in [-0.39, 0.29) is 30.3 Å². The number of aryl methyl sites for hydroxylation is 1. The molecular weight excluding hydrogens is 394 g/mol. The van der Waals surface area contributed by atoms with Gasteiger partial charge in [-0.3, -0.25) is 4.79 Å². The van der Waals surface area contributed by atoms with Crippen LogP contribution in [0.3, 0.4) is 0 Å². The van der Waals surface area contributed by atoms with Crippen molar-refractivity contribution < 1.29 is 14.1 Å². The lowest BCUT2D eigenvalue weighted by Gasteiger charge is -2.26. The zero-order chi connectivity index (χ0) is 23.1. The molecule has 3 amide bonds. The van der Waals surface area contributed by atoms with Gasteiger partial charge in [0.2, 0.25) is 5.91 Å². The maximum Gasteiger partial charge on any atom is 0.322 e. The van der Waals surface area contributed by atoms with Crippen molar-refractivity contribution in [2.45, 2.75) is 46.5 Å². The van der Waals surface area contributed by atoms with Crippen LogP contribution in [0.15, 0.2) is 28.8 Å². The van der Waals surface area contributed by atoms with Gasteiger partial charge in [-0.2, -0.15) is 0 Å². The van der Waals surface area contributed by atoms with E-state index >= 15 is 0 Å². The van der Waals surface area contributed by atoms with Gasteiger partial charge in [0.15, 0.2) is 5.82 Å². The van der Waals surface area contributed by atoms with E-state index in [1.165, 1.54) is 4.90 Å². The molecule has 2 aromatic rings. The van der Waals surface area contributed by atoms with Crippen LogP contribution in [0.4, 0.5) is 16.3 Å². The van der Waals surface area contributed by atoms with Crippen molar-refractivity contribution in [3.05, 3.63) is 41.2 Å². The first-order chi connectivity index (χ1) is 14.6. The summed E-state index contributed by atoms with van der Waals surface area (Å²) in [6.45, 7) is 11.1. The summed E-state index contributed by atoms with van der Waals surface area (Å²) in [7, 11) is 3.86. The van der Waals surface area contributed by atoms with Gasteiger partial charge in [0.1, 0.15) is 12.3 Å². The summed E-state index contributed by atoms with van der Waals surface area (Å²) in [6.07, 6.45) is 0. The second-order valence-electron chi connectivity index (χ2n) is 8.65. The van der Waals surface area contributed by atoms with Gasteiger partial charge in [-0.1, -0.05) is 51.1 Å². The first-order valence-electron chi connectivity index (χ1n) is 10.6. The summed E-state index contributed by atoms with van der Waals surface area (Å²) in [4.78, 5) is 29.3. The van der Waals surface area contributed by atoms with Crippen LogP contribution in [0.5, 0.6) is 0 Å². The Kier molecular flexibility index (Phi) is 8.62. The molecule has 0 aliphatic heterocycles. The van der Waals surface area contributed by atoms with Crippen molar-refractivity contribution in [3.63, 3.8) is 0 Å². The molecule has 8 heteroatoms. The Bertz CT molecular complexity index is 863. The van der Waals surface area contributed by atoms with Crippen LogP contribution in [0, 0.1) is 6.92 Å². The van der Waals surface area contributed by atoms with E-state index < -0.39 is 0 Å². The molecule has 0 aliphatic rings. The topological polar surface area (TPSA) is 90.7 Å². The minimum absolute atomic E-state index is 0.0908. The molecule has 0 saturated carbocycles. The van der Waals surface area contributed by atoms with Gasteiger partial charge < -0.3 is 25.0 Å². The van der Waals surface area contributed by atoms with Gasteiger partial charge in [0.25, 0.3) is 0 Å². The smallest absolute Gasteiger partial charge is 0.322 e. The van der Waals surface area contributed by atoms with E-state index in [4.69, 9.17) is 4.52 Å². The zero-order valence-electron chi connectivity index (χ0n) is 19.7. The number of nitrogens with zero attached hydrogens (tertiary/aromatic N) is 3. The lowest BCUT2D eigenvalue weighted by Crippen LogP contribution is -2.44. The Hall–Kier alpha value is -2.87. The first-order valence-corrected chi connectivity index (χ1v) is 10.6. The predicted octanol–water partition coefficient (Wildman–Crippen LogP) is 4.26. The lowest BCUT2D eigenvalue weighted by atomic mass is 9.93. The van der Waals surface area contributed by atoms with Crippen molar-refractivity contribution in [1.82, 2.24) is 15.0 Å². The van der Waals surface area contributed by atoms with E-state index in [1.54, 1.807) is 13.0 Å². The summed E-state index contributed by atoms with van der Waals surface area (Å²) >= 11 is 0. The molecule has 0 atom stereocenters. The van der Waals surface area contributed by atoms with Crippen molar-refractivity contribution >= 4 is 23.4 Å². The van der Waals surface area contributed by atoms with Crippen LogP contribution in [0.25, 0.3) is 0 Å². The maximum atomic E-state index is 13.2. The molecule has 31 heavy (non-hydrogen) atoms. The highest BCUT2D eigenvalue weighted by Gasteiger charge is 2.22. The van der Waals surface area contributed by atoms with Crippen molar-refractivity contribution in [2.24, 2.45) is 0 Å². The average molecular weight is 430 g/mol. The third kappa shape index (κ3) is 7.10. The second-order valence-corrected chi connectivity index (χ2v) is 8.65. The fraction of sp³-hybridized carbons (Fsp3) is 0.522. The largest absolute Gasteiger partial charge is 0.360 e. The van der Waals surface area contributed by atoms with E-state index in [0.717, 1.165) is 16.8 Å². The van der Waals surface area contributed by atoms with Crippen molar-refractivity contribution in [2.75, 3.05) is 44.4 Å². The molecule has 2 rings (SSSR count). The first kappa shape index (κ1) is 24.4. The predicted molar refractivity (Wildman–Crippen MR) is 124 cm³/mol. The molecule has 0 spiro atoms. The Morgan fingerprint density at radius 1 is 1.03 bits per heavy atom. The number of aromatic nitrogens is 1. The number of urea groups is 1. The Labute approximate surface area is 185 Å².